The molecule has 0 aliphatic heterocycles. The van der Waals surface area contributed by atoms with Crippen molar-refractivity contribution < 1.29 is 4.79 Å². The molecule has 3 N–H and O–H groups in total. The van der Waals surface area contributed by atoms with Gasteiger partial charge in [-0.1, -0.05) is 18.2 Å². The highest BCUT2D eigenvalue weighted by molar-refractivity contribution is 5.93. The van der Waals surface area contributed by atoms with Crippen LogP contribution in [0.1, 0.15) is 6.42 Å². The van der Waals surface area contributed by atoms with Crippen molar-refractivity contribution in [1.29, 1.82) is 0 Å². The highest BCUT2D eigenvalue weighted by atomic mass is 16.1. The van der Waals surface area contributed by atoms with Gasteiger partial charge in [0.15, 0.2) is 0 Å². The van der Waals surface area contributed by atoms with E-state index in [1.165, 1.54) is 10.6 Å². The molecule has 0 atom stereocenters. The van der Waals surface area contributed by atoms with Gasteiger partial charge in [-0.05, 0) is 18.2 Å². The van der Waals surface area contributed by atoms with Crippen LogP contribution in [-0.2, 0) is 11.3 Å². The Morgan fingerprint density at radius 3 is 2.63 bits per heavy atom. The number of nitrogens with one attached hydrogen (secondary N) is 1. The molecule has 2 aromatic rings. The second kappa shape index (κ2) is 5.86. The van der Waals surface area contributed by atoms with Crippen molar-refractivity contribution in [2.24, 2.45) is 0 Å². The molecule has 5 nitrogen and oxygen atoms in total. The van der Waals surface area contributed by atoms with Gasteiger partial charge in [-0.3, -0.25) is 9.59 Å². The number of amides is 1. The van der Waals surface area contributed by atoms with E-state index in [1.54, 1.807) is 42.6 Å². The lowest BCUT2D eigenvalue weighted by atomic mass is 10.2. The van der Waals surface area contributed by atoms with E-state index in [2.05, 4.69) is 5.32 Å². The molecule has 1 amide bonds. The van der Waals surface area contributed by atoms with Crippen LogP contribution in [0.5, 0.6) is 0 Å². The van der Waals surface area contributed by atoms with Crippen molar-refractivity contribution in [3.63, 3.8) is 0 Å². The number of carbonyl (C=O) groups is 1. The molecule has 0 radical (unpaired) electrons. The molecule has 0 saturated heterocycles. The molecular formula is C14H15N3O2. The predicted molar refractivity (Wildman–Crippen MR) is 74.8 cm³/mol. The lowest BCUT2D eigenvalue weighted by Gasteiger charge is -2.08. The van der Waals surface area contributed by atoms with Crippen LogP contribution in [0.25, 0.3) is 0 Å². The van der Waals surface area contributed by atoms with Gasteiger partial charge in [0.25, 0.3) is 5.56 Å². The Morgan fingerprint density at radius 1 is 1.16 bits per heavy atom. The molecule has 2 rings (SSSR count). The van der Waals surface area contributed by atoms with Crippen molar-refractivity contribution in [2.45, 2.75) is 13.0 Å². The number of nitrogens with two attached hydrogens (primary N) is 1. The SMILES string of the molecule is Nc1ccccc1NC(=O)CCn1ccccc1=O. The molecule has 98 valence electrons. The maximum Gasteiger partial charge on any atom is 0.250 e. The molecule has 0 spiro atoms. The first-order valence-electron chi connectivity index (χ1n) is 5.96. The largest absolute Gasteiger partial charge is 0.397 e. The lowest BCUT2D eigenvalue weighted by molar-refractivity contribution is -0.116. The van der Waals surface area contributed by atoms with Crippen LogP contribution in [0.15, 0.2) is 53.5 Å². The first kappa shape index (κ1) is 12.9. The number of aromatic nitrogens is 1. The zero-order valence-corrected chi connectivity index (χ0v) is 10.4. The standard InChI is InChI=1S/C14H15N3O2/c15-11-5-1-2-6-12(11)16-13(18)8-10-17-9-4-3-7-14(17)19/h1-7,9H,8,10,15H2,(H,16,18). The van der Waals surface area contributed by atoms with E-state index in [0.29, 0.717) is 17.9 Å². The lowest BCUT2D eigenvalue weighted by Crippen LogP contribution is -2.22. The van der Waals surface area contributed by atoms with E-state index < -0.39 is 0 Å². The van der Waals surface area contributed by atoms with Gasteiger partial charge in [-0.25, -0.2) is 0 Å². The Balaban J connectivity index is 1.94. The van der Waals surface area contributed by atoms with Gasteiger partial charge in [0.2, 0.25) is 5.91 Å². The van der Waals surface area contributed by atoms with E-state index in [0.717, 1.165) is 0 Å². The number of hydrogen-bond donors (Lipinski definition) is 2. The van der Waals surface area contributed by atoms with Crippen molar-refractivity contribution in [3.8, 4) is 0 Å². The van der Waals surface area contributed by atoms with Crippen LogP contribution < -0.4 is 16.6 Å². The molecule has 0 bridgehead atoms. The van der Waals surface area contributed by atoms with Crippen molar-refractivity contribution >= 4 is 17.3 Å². The number of nitrogen functional groups attached to an aromatic ring is 1. The van der Waals surface area contributed by atoms with E-state index in [1.807, 2.05) is 0 Å². The Morgan fingerprint density at radius 2 is 1.89 bits per heavy atom. The van der Waals surface area contributed by atoms with E-state index >= 15 is 0 Å². The minimum Gasteiger partial charge on any atom is -0.397 e. The average Bonchev–Trinajstić information content (AvgIpc) is 2.40. The summed E-state index contributed by atoms with van der Waals surface area (Å²) in [6.07, 6.45) is 1.88. The number of para-hydroxylation sites is 2. The summed E-state index contributed by atoms with van der Waals surface area (Å²) in [6, 6.07) is 12.0. The number of benzene rings is 1. The Hall–Kier alpha value is -2.56. The number of anilines is 2. The van der Waals surface area contributed by atoms with Gasteiger partial charge in [-0.15, -0.1) is 0 Å². The maximum atomic E-state index is 11.8. The van der Waals surface area contributed by atoms with Gasteiger partial charge in [0.1, 0.15) is 0 Å². The third-order valence-corrected chi connectivity index (χ3v) is 2.71. The number of rotatable bonds is 4. The van der Waals surface area contributed by atoms with Gasteiger partial charge in [-0.2, -0.15) is 0 Å². The molecule has 0 aliphatic carbocycles. The first-order chi connectivity index (χ1) is 9.16. The minimum absolute atomic E-state index is 0.116. The van der Waals surface area contributed by atoms with Gasteiger partial charge in [0, 0.05) is 25.2 Å². The van der Waals surface area contributed by atoms with Crippen LogP contribution in [-0.4, -0.2) is 10.5 Å². The van der Waals surface area contributed by atoms with Crippen LogP contribution in [0, 0.1) is 0 Å². The summed E-state index contributed by atoms with van der Waals surface area (Å²) in [4.78, 5) is 23.2. The smallest absolute Gasteiger partial charge is 0.250 e. The van der Waals surface area contributed by atoms with E-state index in [-0.39, 0.29) is 17.9 Å². The summed E-state index contributed by atoms with van der Waals surface area (Å²) in [6.45, 7) is 0.345. The highest BCUT2D eigenvalue weighted by Crippen LogP contribution is 2.16. The van der Waals surface area contributed by atoms with Crippen molar-refractivity contribution in [3.05, 3.63) is 59.0 Å². The van der Waals surface area contributed by atoms with E-state index in [9.17, 15) is 9.59 Å². The number of pyridine rings is 1. The molecule has 0 unspecified atom stereocenters. The summed E-state index contributed by atoms with van der Waals surface area (Å²) in [5, 5.41) is 2.72. The average molecular weight is 257 g/mol. The molecule has 5 heteroatoms. The first-order valence-corrected chi connectivity index (χ1v) is 5.96. The predicted octanol–water partition coefficient (Wildman–Crippen LogP) is 1.46. The Kier molecular flexibility index (Phi) is 3.97. The van der Waals surface area contributed by atoms with Crippen LogP contribution in [0.2, 0.25) is 0 Å². The van der Waals surface area contributed by atoms with Crippen LogP contribution >= 0.6 is 0 Å². The number of aryl methyl sites for hydroxylation is 1. The number of nitrogens with zero attached hydrogens (tertiary/aromatic N) is 1. The molecule has 19 heavy (non-hydrogen) atoms. The molecule has 0 aliphatic rings. The quantitative estimate of drug-likeness (QED) is 0.814. The zero-order chi connectivity index (χ0) is 13.7. The van der Waals surface area contributed by atoms with Gasteiger partial charge < -0.3 is 15.6 Å². The fraction of sp³-hybridized carbons (Fsp3) is 0.143. The summed E-state index contributed by atoms with van der Waals surface area (Å²) in [5.41, 5.74) is 6.73. The summed E-state index contributed by atoms with van der Waals surface area (Å²) in [5.74, 6) is -0.173. The number of carbonyl (C=O) groups excluding carboxylic acids is 1. The topological polar surface area (TPSA) is 77.1 Å². The van der Waals surface area contributed by atoms with Crippen LogP contribution in [0.3, 0.4) is 0 Å². The fourth-order valence-electron chi connectivity index (χ4n) is 1.69. The van der Waals surface area contributed by atoms with E-state index in [4.69, 9.17) is 5.73 Å². The third kappa shape index (κ3) is 3.45. The molecule has 1 aromatic carbocycles. The molecule has 0 saturated carbocycles. The Labute approximate surface area is 110 Å². The summed E-state index contributed by atoms with van der Waals surface area (Å²) >= 11 is 0. The molecule has 1 heterocycles. The van der Waals surface area contributed by atoms with Crippen molar-refractivity contribution in [1.82, 2.24) is 4.57 Å². The third-order valence-electron chi connectivity index (χ3n) is 2.71. The van der Waals surface area contributed by atoms with Crippen molar-refractivity contribution in [2.75, 3.05) is 11.1 Å². The maximum absolute atomic E-state index is 11.8. The molecule has 1 aromatic heterocycles. The second-order valence-electron chi connectivity index (χ2n) is 4.12. The summed E-state index contributed by atoms with van der Waals surface area (Å²) in [7, 11) is 0. The normalized spacial score (nSPS) is 10.1. The number of hydrogen-bond acceptors (Lipinski definition) is 3. The summed E-state index contributed by atoms with van der Waals surface area (Å²) < 4.78 is 1.49. The minimum atomic E-state index is -0.173. The monoisotopic (exact) mass is 257 g/mol. The van der Waals surface area contributed by atoms with Gasteiger partial charge in [0.05, 0.1) is 11.4 Å². The highest BCUT2D eigenvalue weighted by Gasteiger charge is 2.05. The Bertz CT molecular complexity index is 634. The zero-order valence-electron chi connectivity index (χ0n) is 10.4. The second-order valence-corrected chi connectivity index (χ2v) is 4.12. The molecule has 0 fully saturated rings. The molecular weight excluding hydrogens is 242 g/mol. The van der Waals surface area contributed by atoms with Crippen LogP contribution in [0.4, 0.5) is 11.4 Å². The fourth-order valence-corrected chi connectivity index (χ4v) is 1.69. The van der Waals surface area contributed by atoms with Gasteiger partial charge >= 0.3 is 0 Å².